The van der Waals surface area contributed by atoms with E-state index in [1.807, 2.05) is 38.2 Å². The van der Waals surface area contributed by atoms with E-state index in [0.29, 0.717) is 11.7 Å². The highest BCUT2D eigenvalue weighted by Gasteiger charge is 2.10. The van der Waals surface area contributed by atoms with Gasteiger partial charge in [0, 0.05) is 37.5 Å². The fourth-order valence-electron chi connectivity index (χ4n) is 1.94. The topological polar surface area (TPSA) is 59.0 Å². The average molecular weight is 293 g/mol. The van der Waals surface area contributed by atoms with Gasteiger partial charge in [-0.15, -0.1) is 0 Å². The van der Waals surface area contributed by atoms with Crippen molar-refractivity contribution in [2.45, 2.75) is 20.4 Å². The molecule has 0 unspecified atom stereocenters. The summed E-state index contributed by atoms with van der Waals surface area (Å²) >= 11 is 6.18. The van der Waals surface area contributed by atoms with Gasteiger partial charge in [0.15, 0.2) is 0 Å². The van der Waals surface area contributed by atoms with Crippen molar-refractivity contribution in [2.75, 3.05) is 10.6 Å². The monoisotopic (exact) mass is 292 g/mol. The minimum Gasteiger partial charge on any atom is -0.381 e. The zero-order chi connectivity index (χ0) is 14.7. The van der Waals surface area contributed by atoms with E-state index >= 15 is 0 Å². The molecule has 1 aromatic heterocycles. The van der Waals surface area contributed by atoms with Crippen molar-refractivity contribution < 1.29 is 4.79 Å². The Morgan fingerprint density at radius 1 is 1.30 bits per heavy atom. The maximum absolute atomic E-state index is 10.9. The zero-order valence-electron chi connectivity index (χ0n) is 11.7. The fraction of sp³-hybridized carbons (Fsp3) is 0.286. The van der Waals surface area contributed by atoms with Crippen LogP contribution in [0.4, 0.5) is 11.4 Å². The molecule has 1 aromatic carbocycles. The minimum atomic E-state index is -0.0801. The van der Waals surface area contributed by atoms with E-state index in [0.717, 1.165) is 22.6 Å². The summed E-state index contributed by atoms with van der Waals surface area (Å²) in [6, 6.07) is 7.51. The van der Waals surface area contributed by atoms with E-state index in [-0.39, 0.29) is 5.91 Å². The molecule has 2 aromatic rings. The van der Waals surface area contributed by atoms with E-state index in [2.05, 4.69) is 15.7 Å². The molecule has 0 saturated carbocycles. The number of nitrogens with zero attached hydrogens (tertiary/aromatic N) is 2. The van der Waals surface area contributed by atoms with Gasteiger partial charge in [-0.25, -0.2) is 0 Å². The molecule has 5 nitrogen and oxygen atoms in total. The van der Waals surface area contributed by atoms with Crippen molar-refractivity contribution in [2.24, 2.45) is 7.05 Å². The van der Waals surface area contributed by atoms with Gasteiger partial charge >= 0.3 is 0 Å². The van der Waals surface area contributed by atoms with Gasteiger partial charge in [0.05, 0.1) is 5.69 Å². The number of benzene rings is 1. The van der Waals surface area contributed by atoms with Crippen LogP contribution in [0.25, 0.3) is 0 Å². The van der Waals surface area contributed by atoms with Gasteiger partial charge in [-0.05, 0) is 31.2 Å². The predicted molar refractivity (Wildman–Crippen MR) is 81.0 cm³/mol. The molecule has 2 rings (SSSR count). The third-order valence-corrected chi connectivity index (χ3v) is 3.42. The van der Waals surface area contributed by atoms with Crippen molar-refractivity contribution in [3.05, 3.63) is 40.7 Å². The maximum Gasteiger partial charge on any atom is 0.221 e. The smallest absolute Gasteiger partial charge is 0.221 e. The first-order chi connectivity index (χ1) is 9.47. The van der Waals surface area contributed by atoms with E-state index in [9.17, 15) is 4.79 Å². The first-order valence-electron chi connectivity index (χ1n) is 6.27. The van der Waals surface area contributed by atoms with Crippen molar-refractivity contribution in [1.29, 1.82) is 0 Å². The molecule has 106 valence electrons. The highest BCUT2D eigenvalue weighted by atomic mass is 35.5. The Balaban J connectivity index is 2.02. The first-order valence-corrected chi connectivity index (χ1v) is 6.64. The SMILES string of the molecule is CC(=O)Nc1ccc(NCc2c(C)nn(C)c2Cl)cc1. The molecule has 0 aliphatic heterocycles. The van der Waals surface area contributed by atoms with E-state index in [1.165, 1.54) is 6.92 Å². The number of aryl methyl sites for hydroxylation is 2. The van der Waals surface area contributed by atoms with Crippen LogP contribution in [-0.4, -0.2) is 15.7 Å². The number of nitrogens with one attached hydrogen (secondary N) is 2. The van der Waals surface area contributed by atoms with Gasteiger partial charge in [-0.2, -0.15) is 5.10 Å². The molecule has 2 N–H and O–H groups in total. The molecular weight excluding hydrogens is 276 g/mol. The number of carbonyl (C=O) groups is 1. The van der Waals surface area contributed by atoms with Crippen molar-refractivity contribution in [3.8, 4) is 0 Å². The summed E-state index contributed by atoms with van der Waals surface area (Å²) in [5, 5.41) is 10.9. The Morgan fingerprint density at radius 3 is 2.40 bits per heavy atom. The molecule has 0 bridgehead atoms. The van der Waals surface area contributed by atoms with Gasteiger partial charge in [0.25, 0.3) is 0 Å². The average Bonchev–Trinajstić information content (AvgIpc) is 2.62. The Kier molecular flexibility index (Phi) is 4.29. The summed E-state index contributed by atoms with van der Waals surface area (Å²) in [6.07, 6.45) is 0. The Morgan fingerprint density at radius 2 is 1.90 bits per heavy atom. The van der Waals surface area contributed by atoms with Gasteiger partial charge < -0.3 is 10.6 Å². The minimum absolute atomic E-state index is 0.0801. The van der Waals surface area contributed by atoms with E-state index in [4.69, 9.17) is 11.6 Å². The van der Waals surface area contributed by atoms with Gasteiger partial charge in [0.2, 0.25) is 5.91 Å². The number of rotatable bonds is 4. The number of hydrogen-bond acceptors (Lipinski definition) is 3. The lowest BCUT2D eigenvalue weighted by Crippen LogP contribution is -2.06. The predicted octanol–water partition coefficient (Wildman–Crippen LogP) is 2.95. The molecule has 0 aliphatic carbocycles. The van der Waals surface area contributed by atoms with Crippen LogP contribution in [0.3, 0.4) is 0 Å². The van der Waals surface area contributed by atoms with Gasteiger partial charge in [-0.3, -0.25) is 9.48 Å². The van der Waals surface area contributed by atoms with Crippen molar-refractivity contribution in [1.82, 2.24) is 9.78 Å². The Hall–Kier alpha value is -2.01. The lowest BCUT2D eigenvalue weighted by atomic mass is 10.2. The molecule has 0 aliphatic rings. The molecule has 0 fully saturated rings. The van der Waals surface area contributed by atoms with Crippen LogP contribution in [-0.2, 0) is 18.4 Å². The quantitative estimate of drug-likeness (QED) is 0.911. The maximum atomic E-state index is 10.9. The van der Waals surface area contributed by atoms with Crippen LogP contribution in [0.15, 0.2) is 24.3 Å². The van der Waals surface area contributed by atoms with Crippen LogP contribution >= 0.6 is 11.6 Å². The number of anilines is 2. The number of aromatic nitrogens is 2. The van der Waals surface area contributed by atoms with Gasteiger partial charge in [-0.1, -0.05) is 11.6 Å². The molecule has 1 amide bonds. The standard InChI is InChI=1S/C14H17ClN4O/c1-9-13(14(15)19(3)18-9)8-16-11-4-6-12(7-5-11)17-10(2)20/h4-7,16H,8H2,1-3H3,(H,17,20). The molecule has 0 spiro atoms. The first kappa shape index (κ1) is 14.4. The second-order valence-electron chi connectivity index (χ2n) is 4.59. The normalized spacial score (nSPS) is 10.4. The molecule has 0 saturated heterocycles. The summed E-state index contributed by atoms with van der Waals surface area (Å²) in [6.45, 7) is 4.03. The summed E-state index contributed by atoms with van der Waals surface area (Å²) < 4.78 is 1.66. The highest BCUT2D eigenvalue weighted by molar-refractivity contribution is 6.30. The second kappa shape index (κ2) is 5.96. The fourth-order valence-corrected chi connectivity index (χ4v) is 2.18. The van der Waals surface area contributed by atoms with Crippen LogP contribution in [0.5, 0.6) is 0 Å². The summed E-state index contributed by atoms with van der Waals surface area (Å²) in [7, 11) is 1.82. The summed E-state index contributed by atoms with van der Waals surface area (Å²) in [5.74, 6) is -0.0801. The Bertz CT molecular complexity index is 619. The van der Waals surface area contributed by atoms with E-state index in [1.54, 1.807) is 4.68 Å². The number of carbonyl (C=O) groups excluding carboxylic acids is 1. The van der Waals surface area contributed by atoms with Crippen LogP contribution < -0.4 is 10.6 Å². The summed E-state index contributed by atoms with van der Waals surface area (Å²) in [5.41, 5.74) is 3.64. The molecule has 20 heavy (non-hydrogen) atoms. The van der Waals surface area contributed by atoms with Crippen LogP contribution in [0, 0.1) is 6.92 Å². The number of halogens is 1. The zero-order valence-corrected chi connectivity index (χ0v) is 12.5. The van der Waals surface area contributed by atoms with Crippen molar-refractivity contribution >= 4 is 28.9 Å². The lowest BCUT2D eigenvalue weighted by molar-refractivity contribution is -0.114. The highest BCUT2D eigenvalue weighted by Crippen LogP contribution is 2.20. The third kappa shape index (κ3) is 3.30. The van der Waals surface area contributed by atoms with Crippen molar-refractivity contribution in [3.63, 3.8) is 0 Å². The number of amides is 1. The summed E-state index contributed by atoms with van der Waals surface area (Å²) in [4.78, 5) is 10.9. The van der Waals surface area contributed by atoms with Crippen LogP contribution in [0.1, 0.15) is 18.2 Å². The van der Waals surface area contributed by atoms with Gasteiger partial charge in [0.1, 0.15) is 5.15 Å². The molecule has 1 heterocycles. The lowest BCUT2D eigenvalue weighted by Gasteiger charge is -2.08. The van der Waals surface area contributed by atoms with Crippen LogP contribution in [0.2, 0.25) is 5.15 Å². The molecule has 0 atom stereocenters. The number of hydrogen-bond donors (Lipinski definition) is 2. The molecular formula is C14H17ClN4O. The van der Waals surface area contributed by atoms with E-state index < -0.39 is 0 Å². The molecule has 6 heteroatoms. The third-order valence-electron chi connectivity index (χ3n) is 2.94. The second-order valence-corrected chi connectivity index (χ2v) is 4.95. The Labute approximate surface area is 122 Å². The molecule has 0 radical (unpaired) electrons. The largest absolute Gasteiger partial charge is 0.381 e.